The number of ether oxygens (including phenoxy) is 1. The second-order valence-corrected chi connectivity index (χ2v) is 7.17. The maximum atomic E-state index is 12.4. The van der Waals surface area contributed by atoms with Crippen molar-refractivity contribution in [2.45, 2.75) is 38.7 Å². The van der Waals surface area contributed by atoms with Crippen molar-refractivity contribution in [1.29, 1.82) is 0 Å². The van der Waals surface area contributed by atoms with Gasteiger partial charge in [-0.25, -0.2) is 0 Å². The zero-order chi connectivity index (χ0) is 17.9. The van der Waals surface area contributed by atoms with Gasteiger partial charge in [-0.3, -0.25) is 9.78 Å². The van der Waals surface area contributed by atoms with Crippen LogP contribution >= 0.6 is 11.8 Å². The number of carbonyl (C=O) groups is 1. The predicted octanol–water partition coefficient (Wildman–Crippen LogP) is 3.45. The van der Waals surface area contributed by atoms with Crippen LogP contribution in [-0.4, -0.2) is 28.1 Å². The van der Waals surface area contributed by atoms with Crippen molar-refractivity contribution in [2.75, 3.05) is 6.26 Å². The van der Waals surface area contributed by atoms with Gasteiger partial charge in [-0.05, 0) is 63.3 Å². The Morgan fingerprint density at radius 3 is 2.71 bits per heavy atom. The number of nitrogens with one attached hydrogen (secondary N) is 1. The number of benzene rings is 1. The lowest BCUT2D eigenvalue weighted by Crippen LogP contribution is -2.47. The first-order chi connectivity index (χ1) is 11.3. The first-order valence-electron chi connectivity index (χ1n) is 7.62. The molecule has 1 heterocycles. The van der Waals surface area contributed by atoms with E-state index in [1.807, 2.05) is 38.4 Å². The molecule has 2 aromatic rings. The van der Waals surface area contributed by atoms with E-state index in [0.717, 1.165) is 22.0 Å². The van der Waals surface area contributed by atoms with Crippen molar-refractivity contribution in [1.82, 2.24) is 10.3 Å². The fourth-order valence-corrected chi connectivity index (χ4v) is 2.79. The van der Waals surface area contributed by atoms with Gasteiger partial charge in [0.25, 0.3) is 5.91 Å². The molecule has 1 aromatic carbocycles. The number of thioether (sulfide) groups is 1. The third kappa shape index (κ3) is 4.21. The van der Waals surface area contributed by atoms with Gasteiger partial charge in [0.15, 0.2) is 0 Å². The molecule has 0 saturated heterocycles. The summed E-state index contributed by atoms with van der Waals surface area (Å²) in [4.78, 5) is 16.8. The van der Waals surface area contributed by atoms with Crippen LogP contribution in [0.4, 0.5) is 0 Å². The van der Waals surface area contributed by atoms with E-state index in [1.165, 1.54) is 11.8 Å². The van der Waals surface area contributed by atoms with E-state index >= 15 is 0 Å². The van der Waals surface area contributed by atoms with E-state index in [4.69, 9.17) is 11.2 Å². The standard InChI is InChI=1S/C19H22N2O2S/c1-7-19(4,5)21-17(22)18(24-6)23-15-9-13(3)16-14(10-15)8-12(2)11-20-16/h1,8-11,18H,2-6H3,(H,21,22). The molecule has 0 fully saturated rings. The minimum atomic E-state index is -0.714. The Morgan fingerprint density at radius 2 is 2.08 bits per heavy atom. The topological polar surface area (TPSA) is 51.2 Å². The van der Waals surface area contributed by atoms with Crippen molar-refractivity contribution in [2.24, 2.45) is 0 Å². The zero-order valence-electron chi connectivity index (χ0n) is 14.6. The second kappa shape index (κ2) is 7.14. The van der Waals surface area contributed by atoms with Gasteiger partial charge in [0.2, 0.25) is 5.44 Å². The third-order valence-corrected chi connectivity index (χ3v) is 4.29. The summed E-state index contributed by atoms with van der Waals surface area (Å²) in [6, 6.07) is 5.86. The van der Waals surface area contributed by atoms with E-state index in [2.05, 4.69) is 22.3 Å². The highest BCUT2D eigenvalue weighted by Crippen LogP contribution is 2.26. The summed E-state index contributed by atoms with van der Waals surface area (Å²) >= 11 is 1.32. The molecule has 1 atom stereocenters. The molecule has 0 aliphatic rings. The number of amides is 1. The average molecular weight is 342 g/mol. The quantitative estimate of drug-likeness (QED) is 0.668. The van der Waals surface area contributed by atoms with Crippen LogP contribution in [0.5, 0.6) is 5.75 Å². The van der Waals surface area contributed by atoms with Crippen LogP contribution in [0.15, 0.2) is 24.4 Å². The molecule has 1 aromatic heterocycles. The fourth-order valence-electron chi connectivity index (χ4n) is 2.31. The molecule has 4 nitrogen and oxygen atoms in total. The van der Waals surface area contributed by atoms with E-state index in [1.54, 1.807) is 13.8 Å². The molecule has 1 unspecified atom stereocenters. The van der Waals surface area contributed by atoms with Crippen molar-refractivity contribution in [3.05, 3.63) is 35.5 Å². The van der Waals surface area contributed by atoms with E-state index in [9.17, 15) is 4.79 Å². The molecule has 24 heavy (non-hydrogen) atoms. The van der Waals surface area contributed by atoms with Crippen LogP contribution in [0.1, 0.15) is 25.0 Å². The lowest BCUT2D eigenvalue weighted by molar-refractivity contribution is -0.125. The second-order valence-electron chi connectivity index (χ2n) is 6.27. The van der Waals surface area contributed by atoms with Gasteiger partial charge in [-0.2, -0.15) is 0 Å². The van der Waals surface area contributed by atoms with Crippen LogP contribution in [0.25, 0.3) is 10.9 Å². The Balaban J connectivity index is 2.26. The molecule has 0 spiro atoms. The number of pyridine rings is 1. The minimum Gasteiger partial charge on any atom is -0.470 e. The number of nitrogens with zero attached hydrogens (tertiary/aromatic N) is 1. The summed E-state index contributed by atoms with van der Waals surface area (Å²) in [5.74, 6) is 2.94. The minimum absolute atomic E-state index is 0.245. The molecular formula is C19H22N2O2S. The smallest absolute Gasteiger partial charge is 0.272 e. The molecule has 1 amide bonds. The van der Waals surface area contributed by atoms with Crippen LogP contribution in [0, 0.1) is 26.2 Å². The van der Waals surface area contributed by atoms with Gasteiger partial charge in [-0.1, -0.05) is 5.92 Å². The number of aryl methyl sites for hydroxylation is 2. The average Bonchev–Trinajstić information content (AvgIpc) is 2.51. The normalized spacial score (nSPS) is 12.5. The zero-order valence-corrected chi connectivity index (χ0v) is 15.5. The molecule has 0 aliphatic heterocycles. The summed E-state index contributed by atoms with van der Waals surface area (Å²) in [6.07, 6.45) is 9.10. The maximum absolute atomic E-state index is 12.4. The Hall–Kier alpha value is -2.19. The molecule has 0 radical (unpaired) electrons. The first-order valence-corrected chi connectivity index (χ1v) is 8.91. The Morgan fingerprint density at radius 1 is 1.38 bits per heavy atom. The van der Waals surface area contributed by atoms with E-state index in [0.29, 0.717) is 5.75 Å². The van der Waals surface area contributed by atoms with E-state index in [-0.39, 0.29) is 5.91 Å². The molecule has 2 rings (SSSR count). The number of hydrogen-bond donors (Lipinski definition) is 1. The van der Waals surface area contributed by atoms with Gasteiger partial charge in [0.05, 0.1) is 11.1 Å². The molecule has 0 aliphatic carbocycles. The monoisotopic (exact) mass is 342 g/mol. The van der Waals surface area contributed by atoms with Crippen molar-refractivity contribution in [3.8, 4) is 18.1 Å². The van der Waals surface area contributed by atoms with Crippen molar-refractivity contribution in [3.63, 3.8) is 0 Å². The van der Waals surface area contributed by atoms with Crippen molar-refractivity contribution < 1.29 is 9.53 Å². The van der Waals surface area contributed by atoms with Gasteiger partial charge >= 0.3 is 0 Å². The Bertz CT molecular complexity index is 809. The maximum Gasteiger partial charge on any atom is 0.272 e. The van der Waals surface area contributed by atoms with Crippen molar-refractivity contribution >= 4 is 28.6 Å². The summed E-state index contributed by atoms with van der Waals surface area (Å²) in [5, 5.41) is 3.80. The summed E-state index contributed by atoms with van der Waals surface area (Å²) in [6.45, 7) is 7.52. The van der Waals surface area contributed by atoms with Crippen LogP contribution < -0.4 is 10.1 Å². The van der Waals surface area contributed by atoms with Crippen LogP contribution in [0.2, 0.25) is 0 Å². The predicted molar refractivity (Wildman–Crippen MR) is 100 cm³/mol. The number of aromatic nitrogens is 1. The number of fused-ring (bicyclic) bond motifs is 1. The highest BCUT2D eigenvalue weighted by atomic mass is 32.2. The molecule has 1 N–H and O–H groups in total. The number of carbonyl (C=O) groups excluding carboxylic acids is 1. The van der Waals surface area contributed by atoms with Gasteiger partial charge < -0.3 is 10.1 Å². The Kier molecular flexibility index (Phi) is 5.40. The third-order valence-electron chi connectivity index (χ3n) is 3.55. The molecule has 0 bridgehead atoms. The van der Waals surface area contributed by atoms with Crippen LogP contribution in [0.3, 0.4) is 0 Å². The number of terminal acetylenes is 1. The highest BCUT2D eigenvalue weighted by Gasteiger charge is 2.25. The highest BCUT2D eigenvalue weighted by molar-refractivity contribution is 7.99. The number of hydrogen-bond acceptors (Lipinski definition) is 4. The van der Waals surface area contributed by atoms with Gasteiger partial charge in [0.1, 0.15) is 5.75 Å². The van der Waals surface area contributed by atoms with Gasteiger partial charge in [-0.15, -0.1) is 18.2 Å². The fraction of sp³-hybridized carbons (Fsp3) is 0.368. The molecule has 126 valence electrons. The lowest BCUT2D eigenvalue weighted by atomic mass is 10.1. The molecule has 5 heteroatoms. The summed E-state index contributed by atoms with van der Waals surface area (Å²) in [5.41, 5.74) is 1.63. The van der Waals surface area contributed by atoms with Gasteiger partial charge in [0, 0.05) is 11.6 Å². The first kappa shape index (κ1) is 18.2. The Labute approximate surface area is 147 Å². The van der Waals surface area contributed by atoms with E-state index < -0.39 is 11.0 Å². The summed E-state index contributed by atoms with van der Waals surface area (Å²) < 4.78 is 5.90. The molecule has 0 saturated carbocycles. The largest absolute Gasteiger partial charge is 0.470 e. The molecular weight excluding hydrogens is 320 g/mol. The SMILES string of the molecule is C#CC(C)(C)NC(=O)C(Oc1cc(C)c2ncc(C)cc2c1)SC. The lowest BCUT2D eigenvalue weighted by Gasteiger charge is -2.24. The number of rotatable bonds is 5. The summed E-state index contributed by atoms with van der Waals surface area (Å²) in [7, 11) is 0. The van der Waals surface area contributed by atoms with Crippen LogP contribution in [-0.2, 0) is 4.79 Å².